The molecule has 2 unspecified atom stereocenters. The van der Waals surface area contributed by atoms with E-state index in [0.29, 0.717) is 12.8 Å². The standard InChI is InChI=1S/C12H24N2O6/c1-3-5-7-17-9(11(15)19-13)10(12(16)20-14)18-8-6-4-2/h9-10H,3-8,13-14H2,1-2H3. The Morgan fingerprint density at radius 1 is 0.850 bits per heavy atom. The molecule has 0 aromatic heterocycles. The highest BCUT2D eigenvalue weighted by molar-refractivity contribution is 5.85. The molecule has 20 heavy (non-hydrogen) atoms. The topological polar surface area (TPSA) is 123 Å². The van der Waals surface area contributed by atoms with Crippen LogP contribution in [0.2, 0.25) is 0 Å². The Bertz CT molecular complexity index is 259. The second kappa shape index (κ2) is 11.6. The molecule has 0 rings (SSSR count). The van der Waals surface area contributed by atoms with E-state index in [1.165, 1.54) is 0 Å². The molecule has 0 aromatic carbocycles. The first-order valence-corrected chi connectivity index (χ1v) is 6.66. The Labute approximate surface area is 118 Å². The number of hydrogen-bond donors (Lipinski definition) is 2. The molecule has 0 aromatic rings. The SMILES string of the molecule is CCCCOC(C(=O)ON)C(OCCCC)C(=O)ON. The Kier molecular flexibility index (Phi) is 10.9. The zero-order valence-corrected chi connectivity index (χ0v) is 12.0. The first-order chi connectivity index (χ1) is 9.62. The van der Waals surface area contributed by atoms with Crippen molar-refractivity contribution in [3.63, 3.8) is 0 Å². The van der Waals surface area contributed by atoms with E-state index >= 15 is 0 Å². The minimum absolute atomic E-state index is 0.266. The van der Waals surface area contributed by atoms with Gasteiger partial charge in [0, 0.05) is 13.2 Å². The summed E-state index contributed by atoms with van der Waals surface area (Å²) in [5.74, 6) is 7.87. The molecule has 0 spiro atoms. The van der Waals surface area contributed by atoms with Crippen molar-refractivity contribution in [2.45, 2.75) is 51.7 Å². The second-order valence-corrected chi connectivity index (χ2v) is 4.16. The maximum atomic E-state index is 11.6. The fraction of sp³-hybridized carbons (Fsp3) is 0.833. The number of unbranched alkanes of at least 4 members (excludes halogenated alkanes) is 2. The molecule has 2 atom stereocenters. The fourth-order valence-electron chi connectivity index (χ4n) is 1.40. The highest BCUT2D eigenvalue weighted by Crippen LogP contribution is 2.10. The minimum atomic E-state index is -1.29. The van der Waals surface area contributed by atoms with E-state index in [9.17, 15) is 9.59 Å². The summed E-state index contributed by atoms with van der Waals surface area (Å²) in [4.78, 5) is 31.5. The molecule has 0 aliphatic rings. The number of ether oxygens (including phenoxy) is 2. The van der Waals surface area contributed by atoms with Gasteiger partial charge >= 0.3 is 11.9 Å². The number of hydrogen-bond acceptors (Lipinski definition) is 8. The first-order valence-electron chi connectivity index (χ1n) is 6.66. The maximum absolute atomic E-state index is 11.6. The van der Waals surface area contributed by atoms with Crippen LogP contribution >= 0.6 is 0 Å². The first kappa shape index (κ1) is 18.8. The van der Waals surface area contributed by atoms with Gasteiger partial charge in [0.1, 0.15) is 0 Å². The van der Waals surface area contributed by atoms with Crippen molar-refractivity contribution < 1.29 is 28.7 Å². The molecule has 0 aliphatic carbocycles. The van der Waals surface area contributed by atoms with Crippen LogP contribution in [0, 0.1) is 0 Å². The monoisotopic (exact) mass is 292 g/mol. The molecule has 0 saturated carbocycles. The molecular formula is C12H24N2O6. The predicted octanol–water partition coefficient (Wildman–Crippen LogP) is 0.191. The van der Waals surface area contributed by atoms with Gasteiger partial charge in [-0.15, -0.1) is 0 Å². The molecular weight excluding hydrogens is 268 g/mol. The summed E-state index contributed by atoms with van der Waals surface area (Å²) >= 11 is 0. The molecule has 4 N–H and O–H groups in total. The van der Waals surface area contributed by atoms with Crippen LogP contribution in [0.15, 0.2) is 0 Å². The van der Waals surface area contributed by atoms with E-state index in [2.05, 4.69) is 9.68 Å². The Balaban J connectivity index is 4.77. The average molecular weight is 292 g/mol. The summed E-state index contributed by atoms with van der Waals surface area (Å²) < 4.78 is 10.6. The highest BCUT2D eigenvalue weighted by atomic mass is 16.7. The summed E-state index contributed by atoms with van der Waals surface area (Å²) in [5.41, 5.74) is 0. The van der Waals surface area contributed by atoms with Crippen LogP contribution in [0.5, 0.6) is 0 Å². The lowest BCUT2D eigenvalue weighted by molar-refractivity contribution is -0.184. The smallest absolute Gasteiger partial charge is 0.357 e. The number of nitrogens with two attached hydrogens (primary N) is 2. The molecule has 8 heteroatoms. The van der Waals surface area contributed by atoms with Crippen LogP contribution in [0.3, 0.4) is 0 Å². The molecule has 0 amide bonds. The van der Waals surface area contributed by atoms with Gasteiger partial charge in [-0.3, -0.25) is 0 Å². The maximum Gasteiger partial charge on any atom is 0.357 e. The molecule has 0 aliphatic heterocycles. The van der Waals surface area contributed by atoms with E-state index < -0.39 is 24.1 Å². The Hall–Kier alpha value is -1.22. The highest BCUT2D eigenvalue weighted by Gasteiger charge is 2.38. The van der Waals surface area contributed by atoms with Gasteiger partial charge in [0.05, 0.1) is 0 Å². The zero-order chi connectivity index (χ0) is 15.4. The molecule has 118 valence electrons. The molecule has 0 bridgehead atoms. The van der Waals surface area contributed by atoms with Crippen LogP contribution in [0.1, 0.15) is 39.5 Å². The molecule has 0 fully saturated rings. The Morgan fingerprint density at radius 3 is 1.45 bits per heavy atom. The van der Waals surface area contributed by atoms with E-state index in [1.807, 2.05) is 13.8 Å². The molecule has 8 nitrogen and oxygen atoms in total. The van der Waals surface area contributed by atoms with Crippen molar-refractivity contribution in [3.8, 4) is 0 Å². The zero-order valence-electron chi connectivity index (χ0n) is 12.0. The summed E-state index contributed by atoms with van der Waals surface area (Å²) in [6, 6.07) is 0. The van der Waals surface area contributed by atoms with E-state index in [0.717, 1.165) is 12.8 Å². The van der Waals surface area contributed by atoms with E-state index in [-0.39, 0.29) is 13.2 Å². The largest absolute Gasteiger partial charge is 0.371 e. The average Bonchev–Trinajstić information content (AvgIpc) is 2.47. The molecule has 0 radical (unpaired) electrons. The van der Waals surface area contributed by atoms with Crippen LogP contribution in [0.25, 0.3) is 0 Å². The Morgan fingerprint density at radius 2 is 1.20 bits per heavy atom. The van der Waals surface area contributed by atoms with Crippen molar-refractivity contribution in [2.24, 2.45) is 11.8 Å². The number of carbonyl (C=O) groups excluding carboxylic acids is 2. The van der Waals surface area contributed by atoms with Gasteiger partial charge in [-0.25, -0.2) is 9.59 Å². The lowest BCUT2D eigenvalue weighted by Gasteiger charge is -2.23. The van der Waals surface area contributed by atoms with Gasteiger partial charge in [0.15, 0.2) is 12.2 Å². The minimum Gasteiger partial charge on any atom is -0.371 e. The van der Waals surface area contributed by atoms with Crippen molar-refractivity contribution in [3.05, 3.63) is 0 Å². The van der Waals surface area contributed by atoms with Crippen LogP contribution in [0.4, 0.5) is 0 Å². The lowest BCUT2D eigenvalue weighted by Crippen LogP contribution is -2.47. The number of rotatable bonds is 11. The van der Waals surface area contributed by atoms with Crippen LogP contribution in [-0.4, -0.2) is 37.4 Å². The van der Waals surface area contributed by atoms with Gasteiger partial charge in [0.25, 0.3) is 0 Å². The van der Waals surface area contributed by atoms with Crippen molar-refractivity contribution >= 4 is 11.9 Å². The lowest BCUT2D eigenvalue weighted by atomic mass is 10.2. The summed E-state index contributed by atoms with van der Waals surface area (Å²) in [6.07, 6.45) is 0.584. The van der Waals surface area contributed by atoms with Gasteiger partial charge < -0.3 is 19.1 Å². The van der Waals surface area contributed by atoms with Gasteiger partial charge in [0.2, 0.25) is 0 Å². The quantitative estimate of drug-likeness (QED) is 0.408. The van der Waals surface area contributed by atoms with Gasteiger partial charge in [-0.1, -0.05) is 26.7 Å². The molecule has 0 heterocycles. The van der Waals surface area contributed by atoms with Gasteiger partial charge in [-0.2, -0.15) is 11.8 Å². The normalized spacial score (nSPS) is 13.6. The van der Waals surface area contributed by atoms with Gasteiger partial charge in [-0.05, 0) is 12.8 Å². The number of carbonyl (C=O) groups is 2. The third-order valence-electron chi connectivity index (χ3n) is 2.56. The van der Waals surface area contributed by atoms with Crippen LogP contribution < -0.4 is 11.8 Å². The molecule has 0 saturated heterocycles. The van der Waals surface area contributed by atoms with E-state index in [4.69, 9.17) is 21.3 Å². The third-order valence-corrected chi connectivity index (χ3v) is 2.56. The van der Waals surface area contributed by atoms with Crippen molar-refractivity contribution in [1.29, 1.82) is 0 Å². The van der Waals surface area contributed by atoms with Crippen molar-refractivity contribution in [2.75, 3.05) is 13.2 Å². The van der Waals surface area contributed by atoms with E-state index in [1.54, 1.807) is 0 Å². The fourth-order valence-corrected chi connectivity index (χ4v) is 1.40. The summed E-state index contributed by atoms with van der Waals surface area (Å²) in [7, 11) is 0. The summed E-state index contributed by atoms with van der Waals surface area (Å²) in [5, 5.41) is 0. The second-order valence-electron chi connectivity index (χ2n) is 4.16. The third kappa shape index (κ3) is 6.80. The summed E-state index contributed by atoms with van der Waals surface area (Å²) in [6.45, 7) is 4.45. The van der Waals surface area contributed by atoms with Crippen molar-refractivity contribution in [1.82, 2.24) is 0 Å². The predicted molar refractivity (Wildman–Crippen MR) is 69.9 cm³/mol. The van der Waals surface area contributed by atoms with Crippen LogP contribution in [-0.2, 0) is 28.7 Å².